The summed E-state index contributed by atoms with van der Waals surface area (Å²) in [6.45, 7) is 4.05. The third-order valence-corrected chi connectivity index (χ3v) is 5.85. The van der Waals surface area contributed by atoms with E-state index in [0.717, 1.165) is 42.5 Å². The van der Waals surface area contributed by atoms with Gasteiger partial charge in [0, 0.05) is 17.8 Å². The Morgan fingerprint density at radius 3 is 2.89 bits per heavy atom. The standard InChI is InChI=1S/C19H25N3O4S/c1-3-10-20-17(24)11(2)26-15(23)9-8-14-21-18(25)16-12-6-4-5-7-13(12)27-19(16)22-14/h11H,3-10H2,1-2H3,(H,20,24)(H,21,22,25)/t11-/m0/s1. The van der Waals surface area contributed by atoms with Crippen molar-refractivity contribution >= 4 is 33.4 Å². The Bertz CT molecular complexity index is 902. The molecule has 0 unspecified atom stereocenters. The quantitative estimate of drug-likeness (QED) is 0.705. The number of ether oxygens (including phenoxy) is 1. The number of nitrogens with one attached hydrogen (secondary N) is 2. The summed E-state index contributed by atoms with van der Waals surface area (Å²) in [5, 5.41) is 3.40. The fraction of sp³-hybridized carbons (Fsp3) is 0.579. The van der Waals surface area contributed by atoms with Gasteiger partial charge in [0.25, 0.3) is 11.5 Å². The number of amides is 1. The van der Waals surface area contributed by atoms with Gasteiger partial charge < -0.3 is 15.0 Å². The van der Waals surface area contributed by atoms with E-state index in [1.807, 2.05) is 6.92 Å². The number of fused-ring (bicyclic) bond motifs is 3. The molecule has 0 aliphatic heterocycles. The van der Waals surface area contributed by atoms with Crippen LogP contribution in [0.4, 0.5) is 0 Å². The lowest BCUT2D eigenvalue weighted by Gasteiger charge is -2.13. The van der Waals surface area contributed by atoms with Crippen molar-refractivity contribution in [2.24, 2.45) is 0 Å². The molecule has 2 heterocycles. The van der Waals surface area contributed by atoms with E-state index < -0.39 is 12.1 Å². The van der Waals surface area contributed by atoms with Crippen molar-refractivity contribution in [2.45, 2.75) is 64.9 Å². The van der Waals surface area contributed by atoms with Crippen LogP contribution in [0.5, 0.6) is 0 Å². The molecule has 0 spiro atoms. The highest BCUT2D eigenvalue weighted by molar-refractivity contribution is 7.18. The lowest BCUT2D eigenvalue weighted by atomic mass is 9.97. The number of hydrogen-bond donors (Lipinski definition) is 2. The topological polar surface area (TPSA) is 101 Å². The molecule has 27 heavy (non-hydrogen) atoms. The Morgan fingerprint density at radius 1 is 1.33 bits per heavy atom. The van der Waals surface area contributed by atoms with Gasteiger partial charge in [0.15, 0.2) is 6.10 Å². The zero-order valence-electron chi connectivity index (χ0n) is 15.7. The van der Waals surface area contributed by atoms with E-state index in [4.69, 9.17) is 4.74 Å². The third kappa shape index (κ3) is 4.55. The molecule has 0 bridgehead atoms. The number of aromatic nitrogens is 2. The Balaban J connectivity index is 1.62. The summed E-state index contributed by atoms with van der Waals surface area (Å²) >= 11 is 1.58. The highest BCUT2D eigenvalue weighted by atomic mass is 32.1. The maximum Gasteiger partial charge on any atom is 0.307 e. The molecule has 2 aromatic rings. The Hall–Kier alpha value is -2.22. The SMILES string of the molecule is CCCNC(=O)[C@H](C)OC(=O)CCc1nc2sc3c(c2c(=O)[nH]1)CCCC3. The Kier molecular flexibility index (Phi) is 6.26. The van der Waals surface area contributed by atoms with Gasteiger partial charge in [-0.05, 0) is 44.6 Å². The molecule has 1 atom stereocenters. The molecule has 0 saturated carbocycles. The molecule has 0 fully saturated rings. The molecule has 1 amide bonds. The lowest BCUT2D eigenvalue weighted by molar-refractivity contribution is -0.154. The van der Waals surface area contributed by atoms with Gasteiger partial charge in [-0.3, -0.25) is 14.4 Å². The minimum absolute atomic E-state index is 0.0605. The van der Waals surface area contributed by atoms with Crippen molar-refractivity contribution in [1.82, 2.24) is 15.3 Å². The number of carbonyl (C=O) groups excluding carboxylic acids is 2. The fourth-order valence-electron chi connectivity index (χ4n) is 3.25. The highest BCUT2D eigenvalue weighted by Gasteiger charge is 2.21. The number of aromatic amines is 1. The number of nitrogens with zero attached hydrogens (tertiary/aromatic N) is 1. The summed E-state index contributed by atoms with van der Waals surface area (Å²) in [7, 11) is 0. The van der Waals surface area contributed by atoms with Gasteiger partial charge in [0.1, 0.15) is 10.7 Å². The van der Waals surface area contributed by atoms with Crippen molar-refractivity contribution in [1.29, 1.82) is 0 Å². The molecule has 7 nitrogen and oxygen atoms in total. The van der Waals surface area contributed by atoms with E-state index in [0.29, 0.717) is 17.8 Å². The molecule has 146 valence electrons. The minimum atomic E-state index is -0.831. The van der Waals surface area contributed by atoms with E-state index in [1.165, 1.54) is 4.88 Å². The predicted octanol–water partition coefficient (Wildman–Crippen LogP) is 2.25. The maximum atomic E-state index is 12.5. The van der Waals surface area contributed by atoms with Crippen molar-refractivity contribution in [3.63, 3.8) is 0 Å². The monoisotopic (exact) mass is 391 g/mol. The second-order valence-corrected chi connectivity index (χ2v) is 7.91. The normalized spacial score (nSPS) is 14.6. The first kappa shape index (κ1) is 19.5. The van der Waals surface area contributed by atoms with Crippen molar-refractivity contribution in [3.8, 4) is 0 Å². The van der Waals surface area contributed by atoms with Crippen LogP contribution in [0, 0.1) is 0 Å². The van der Waals surface area contributed by atoms with E-state index in [1.54, 1.807) is 18.3 Å². The molecular weight excluding hydrogens is 366 g/mol. The zero-order valence-corrected chi connectivity index (χ0v) is 16.5. The number of rotatable bonds is 7. The fourth-order valence-corrected chi connectivity index (χ4v) is 4.53. The minimum Gasteiger partial charge on any atom is -0.453 e. The average Bonchev–Trinajstić information content (AvgIpc) is 3.03. The number of hydrogen-bond acceptors (Lipinski definition) is 6. The van der Waals surface area contributed by atoms with E-state index >= 15 is 0 Å². The summed E-state index contributed by atoms with van der Waals surface area (Å²) in [5.41, 5.74) is 1.02. The third-order valence-electron chi connectivity index (χ3n) is 4.67. The summed E-state index contributed by atoms with van der Waals surface area (Å²) < 4.78 is 5.15. The van der Waals surface area contributed by atoms with E-state index in [9.17, 15) is 14.4 Å². The van der Waals surface area contributed by atoms with Crippen LogP contribution in [-0.2, 0) is 33.6 Å². The predicted molar refractivity (Wildman–Crippen MR) is 104 cm³/mol. The number of esters is 1. The summed E-state index contributed by atoms with van der Waals surface area (Å²) in [6, 6.07) is 0. The van der Waals surface area contributed by atoms with Gasteiger partial charge in [-0.2, -0.15) is 0 Å². The molecule has 2 N–H and O–H groups in total. The van der Waals surface area contributed by atoms with Crippen molar-refractivity contribution < 1.29 is 14.3 Å². The summed E-state index contributed by atoms with van der Waals surface area (Å²) in [6.07, 6.45) is 4.53. The van der Waals surface area contributed by atoms with Crippen LogP contribution >= 0.6 is 11.3 Å². The first-order chi connectivity index (χ1) is 13.0. The van der Waals surface area contributed by atoms with Crippen LogP contribution < -0.4 is 10.9 Å². The molecule has 8 heteroatoms. The Morgan fingerprint density at radius 2 is 2.11 bits per heavy atom. The first-order valence-corrected chi connectivity index (χ1v) is 10.3. The van der Waals surface area contributed by atoms with E-state index in [2.05, 4.69) is 15.3 Å². The number of carbonyl (C=O) groups is 2. The van der Waals surface area contributed by atoms with Crippen LogP contribution in [-0.4, -0.2) is 34.5 Å². The number of H-pyrrole nitrogens is 1. The van der Waals surface area contributed by atoms with Crippen molar-refractivity contribution in [3.05, 3.63) is 26.6 Å². The van der Waals surface area contributed by atoms with Gasteiger partial charge in [0.2, 0.25) is 0 Å². The zero-order chi connectivity index (χ0) is 19.4. The molecule has 3 rings (SSSR count). The summed E-state index contributed by atoms with van der Waals surface area (Å²) in [4.78, 5) is 45.6. The van der Waals surface area contributed by atoms with Gasteiger partial charge in [0.05, 0.1) is 11.8 Å². The molecule has 1 aliphatic carbocycles. The number of aryl methyl sites for hydroxylation is 3. The van der Waals surface area contributed by atoms with Crippen LogP contribution in [0.25, 0.3) is 10.2 Å². The lowest BCUT2D eigenvalue weighted by Crippen LogP contribution is -2.36. The molecule has 0 radical (unpaired) electrons. The smallest absolute Gasteiger partial charge is 0.307 e. The van der Waals surface area contributed by atoms with Crippen LogP contribution in [0.2, 0.25) is 0 Å². The first-order valence-electron chi connectivity index (χ1n) is 9.50. The summed E-state index contributed by atoms with van der Waals surface area (Å²) in [5.74, 6) is -0.309. The van der Waals surface area contributed by atoms with E-state index in [-0.39, 0.29) is 24.3 Å². The van der Waals surface area contributed by atoms with Gasteiger partial charge in [-0.15, -0.1) is 11.3 Å². The Labute approximate surface area is 161 Å². The van der Waals surface area contributed by atoms with Gasteiger partial charge >= 0.3 is 5.97 Å². The number of thiophene rings is 1. The van der Waals surface area contributed by atoms with Crippen LogP contribution in [0.3, 0.4) is 0 Å². The molecule has 2 aromatic heterocycles. The van der Waals surface area contributed by atoms with Crippen LogP contribution in [0.1, 0.15) is 55.8 Å². The second-order valence-electron chi connectivity index (χ2n) is 6.83. The van der Waals surface area contributed by atoms with Gasteiger partial charge in [-0.25, -0.2) is 4.98 Å². The second kappa shape index (κ2) is 8.65. The molecule has 1 aliphatic rings. The largest absolute Gasteiger partial charge is 0.453 e. The highest BCUT2D eigenvalue weighted by Crippen LogP contribution is 2.33. The molecule has 0 saturated heterocycles. The van der Waals surface area contributed by atoms with Crippen molar-refractivity contribution in [2.75, 3.05) is 6.54 Å². The average molecular weight is 391 g/mol. The molecular formula is C19H25N3O4S. The van der Waals surface area contributed by atoms with Crippen LogP contribution in [0.15, 0.2) is 4.79 Å². The molecule has 0 aromatic carbocycles. The van der Waals surface area contributed by atoms with Gasteiger partial charge in [-0.1, -0.05) is 6.92 Å². The maximum absolute atomic E-state index is 12.5.